The van der Waals surface area contributed by atoms with E-state index < -0.39 is 0 Å². The predicted molar refractivity (Wildman–Crippen MR) is 65.9 cm³/mol. The normalized spacial score (nSPS) is 24.3. The van der Waals surface area contributed by atoms with Crippen LogP contribution < -0.4 is 15.8 Å². The Morgan fingerprint density at radius 2 is 2.24 bits per heavy atom. The average Bonchev–Trinajstić information content (AvgIpc) is 2.38. The molecule has 2 unspecified atom stereocenters. The zero-order valence-electron chi connectivity index (χ0n) is 9.98. The summed E-state index contributed by atoms with van der Waals surface area (Å²) in [4.78, 5) is 11.5. The molecular weight excluding hydrogens is 216 g/mol. The lowest BCUT2D eigenvalue weighted by Gasteiger charge is -2.31. The SMILES string of the molecule is COc1ccccc1C1CNCCC1C(N)=O. The van der Waals surface area contributed by atoms with Gasteiger partial charge in [-0.15, -0.1) is 0 Å². The van der Waals surface area contributed by atoms with Crippen LogP contribution in [0.5, 0.6) is 5.75 Å². The van der Waals surface area contributed by atoms with E-state index in [4.69, 9.17) is 10.5 Å². The molecular formula is C13H18N2O2. The van der Waals surface area contributed by atoms with Crippen molar-refractivity contribution in [1.82, 2.24) is 5.32 Å². The first-order valence-corrected chi connectivity index (χ1v) is 5.87. The van der Waals surface area contributed by atoms with Gasteiger partial charge in [-0.05, 0) is 24.6 Å². The van der Waals surface area contributed by atoms with Gasteiger partial charge in [0.15, 0.2) is 0 Å². The number of piperidine rings is 1. The molecule has 17 heavy (non-hydrogen) atoms. The topological polar surface area (TPSA) is 64.3 Å². The van der Waals surface area contributed by atoms with E-state index in [0.29, 0.717) is 0 Å². The molecule has 1 amide bonds. The predicted octanol–water partition coefficient (Wildman–Crippen LogP) is 0.874. The van der Waals surface area contributed by atoms with E-state index in [1.807, 2.05) is 24.3 Å². The minimum Gasteiger partial charge on any atom is -0.496 e. The van der Waals surface area contributed by atoms with Gasteiger partial charge in [-0.1, -0.05) is 18.2 Å². The Morgan fingerprint density at radius 1 is 1.47 bits per heavy atom. The molecule has 2 atom stereocenters. The van der Waals surface area contributed by atoms with E-state index in [0.717, 1.165) is 30.8 Å². The summed E-state index contributed by atoms with van der Waals surface area (Å²) in [5, 5.41) is 3.31. The molecule has 0 aliphatic carbocycles. The fraction of sp³-hybridized carbons (Fsp3) is 0.462. The third kappa shape index (κ3) is 2.42. The maximum atomic E-state index is 11.5. The molecule has 1 heterocycles. The molecule has 4 heteroatoms. The Kier molecular flexibility index (Phi) is 3.64. The second-order valence-electron chi connectivity index (χ2n) is 4.35. The fourth-order valence-corrected chi connectivity index (χ4v) is 2.50. The number of carbonyl (C=O) groups is 1. The first-order valence-electron chi connectivity index (χ1n) is 5.87. The van der Waals surface area contributed by atoms with Crippen LogP contribution in [-0.4, -0.2) is 26.1 Å². The van der Waals surface area contributed by atoms with Gasteiger partial charge in [0.1, 0.15) is 5.75 Å². The van der Waals surface area contributed by atoms with Gasteiger partial charge in [-0.3, -0.25) is 4.79 Å². The first-order chi connectivity index (χ1) is 8.24. The van der Waals surface area contributed by atoms with Crippen molar-refractivity contribution in [2.45, 2.75) is 12.3 Å². The van der Waals surface area contributed by atoms with Crippen molar-refractivity contribution in [2.24, 2.45) is 11.7 Å². The summed E-state index contributed by atoms with van der Waals surface area (Å²) in [5.74, 6) is 0.611. The van der Waals surface area contributed by atoms with Crippen molar-refractivity contribution in [1.29, 1.82) is 0 Å². The number of para-hydroxylation sites is 1. The molecule has 2 rings (SSSR count). The Balaban J connectivity index is 2.32. The first kappa shape index (κ1) is 11.9. The lowest BCUT2D eigenvalue weighted by molar-refractivity contribution is -0.123. The van der Waals surface area contributed by atoms with E-state index in [2.05, 4.69) is 5.32 Å². The van der Waals surface area contributed by atoms with Gasteiger partial charge in [0, 0.05) is 18.4 Å². The molecule has 0 spiro atoms. The number of primary amides is 1. The van der Waals surface area contributed by atoms with E-state index in [1.54, 1.807) is 7.11 Å². The minimum absolute atomic E-state index is 0.104. The Hall–Kier alpha value is -1.55. The number of rotatable bonds is 3. The van der Waals surface area contributed by atoms with Crippen LogP contribution in [0.25, 0.3) is 0 Å². The van der Waals surface area contributed by atoms with E-state index in [1.165, 1.54) is 0 Å². The number of nitrogens with one attached hydrogen (secondary N) is 1. The van der Waals surface area contributed by atoms with Gasteiger partial charge in [-0.2, -0.15) is 0 Å². The number of carbonyl (C=O) groups excluding carboxylic acids is 1. The molecule has 0 radical (unpaired) electrons. The standard InChI is InChI=1S/C13H18N2O2/c1-17-12-5-3-2-4-9(12)11-8-15-7-6-10(11)13(14)16/h2-5,10-11,15H,6-8H2,1H3,(H2,14,16). The summed E-state index contributed by atoms with van der Waals surface area (Å²) >= 11 is 0. The largest absolute Gasteiger partial charge is 0.496 e. The van der Waals surface area contributed by atoms with E-state index in [-0.39, 0.29) is 17.7 Å². The summed E-state index contributed by atoms with van der Waals surface area (Å²) in [6.45, 7) is 1.62. The lowest BCUT2D eigenvalue weighted by atomic mass is 9.80. The van der Waals surface area contributed by atoms with Crippen LogP contribution in [0.1, 0.15) is 17.9 Å². The highest BCUT2D eigenvalue weighted by Crippen LogP contribution is 2.34. The summed E-state index contributed by atoms with van der Waals surface area (Å²) in [6, 6.07) is 7.82. The number of amides is 1. The van der Waals surface area contributed by atoms with Gasteiger partial charge in [0.05, 0.1) is 7.11 Å². The molecule has 0 aromatic heterocycles. The molecule has 1 fully saturated rings. The van der Waals surface area contributed by atoms with Gasteiger partial charge < -0.3 is 15.8 Å². The molecule has 4 nitrogen and oxygen atoms in total. The molecule has 1 aliphatic heterocycles. The van der Waals surface area contributed by atoms with Crippen LogP contribution in [0.4, 0.5) is 0 Å². The number of benzene rings is 1. The second-order valence-corrected chi connectivity index (χ2v) is 4.35. The van der Waals surface area contributed by atoms with Crippen molar-refractivity contribution in [2.75, 3.05) is 20.2 Å². The van der Waals surface area contributed by atoms with Crippen molar-refractivity contribution < 1.29 is 9.53 Å². The van der Waals surface area contributed by atoms with Crippen LogP contribution in [0, 0.1) is 5.92 Å². The quantitative estimate of drug-likeness (QED) is 0.815. The number of methoxy groups -OCH3 is 1. The molecule has 1 aliphatic rings. The highest BCUT2D eigenvalue weighted by Gasteiger charge is 2.31. The molecule has 0 saturated carbocycles. The number of nitrogens with two attached hydrogens (primary N) is 1. The lowest BCUT2D eigenvalue weighted by Crippen LogP contribution is -2.41. The van der Waals surface area contributed by atoms with Crippen LogP contribution in [0.15, 0.2) is 24.3 Å². The molecule has 1 saturated heterocycles. The smallest absolute Gasteiger partial charge is 0.221 e. The van der Waals surface area contributed by atoms with Crippen LogP contribution >= 0.6 is 0 Å². The summed E-state index contributed by atoms with van der Waals surface area (Å²) in [5.41, 5.74) is 6.54. The van der Waals surface area contributed by atoms with E-state index in [9.17, 15) is 4.79 Å². The van der Waals surface area contributed by atoms with Gasteiger partial charge in [0.25, 0.3) is 0 Å². The molecule has 1 aromatic carbocycles. The highest BCUT2D eigenvalue weighted by molar-refractivity contribution is 5.78. The summed E-state index contributed by atoms with van der Waals surface area (Å²) < 4.78 is 5.35. The summed E-state index contributed by atoms with van der Waals surface area (Å²) in [6.07, 6.45) is 0.790. The van der Waals surface area contributed by atoms with E-state index >= 15 is 0 Å². The Morgan fingerprint density at radius 3 is 2.94 bits per heavy atom. The Bertz CT molecular complexity index is 406. The van der Waals surface area contributed by atoms with Crippen molar-refractivity contribution >= 4 is 5.91 Å². The minimum atomic E-state index is -0.220. The Labute approximate surface area is 101 Å². The maximum absolute atomic E-state index is 11.5. The van der Waals surface area contributed by atoms with Crippen LogP contribution in [0.3, 0.4) is 0 Å². The molecule has 0 bridgehead atoms. The second kappa shape index (κ2) is 5.19. The molecule has 3 N–H and O–H groups in total. The van der Waals surface area contributed by atoms with Crippen LogP contribution in [0.2, 0.25) is 0 Å². The number of ether oxygens (including phenoxy) is 1. The average molecular weight is 234 g/mol. The third-order valence-corrected chi connectivity index (χ3v) is 3.39. The van der Waals surface area contributed by atoms with Crippen LogP contribution in [-0.2, 0) is 4.79 Å². The number of hydrogen-bond donors (Lipinski definition) is 2. The molecule has 1 aromatic rings. The van der Waals surface area contributed by atoms with Gasteiger partial charge in [-0.25, -0.2) is 0 Å². The van der Waals surface area contributed by atoms with Crippen molar-refractivity contribution in [3.05, 3.63) is 29.8 Å². The fourth-order valence-electron chi connectivity index (χ4n) is 2.50. The van der Waals surface area contributed by atoms with Crippen molar-refractivity contribution in [3.63, 3.8) is 0 Å². The zero-order valence-corrected chi connectivity index (χ0v) is 9.98. The highest BCUT2D eigenvalue weighted by atomic mass is 16.5. The maximum Gasteiger partial charge on any atom is 0.221 e. The third-order valence-electron chi connectivity index (χ3n) is 3.39. The van der Waals surface area contributed by atoms with Gasteiger partial charge >= 0.3 is 0 Å². The van der Waals surface area contributed by atoms with Gasteiger partial charge in [0.2, 0.25) is 5.91 Å². The van der Waals surface area contributed by atoms with Crippen molar-refractivity contribution in [3.8, 4) is 5.75 Å². The number of hydrogen-bond acceptors (Lipinski definition) is 3. The summed E-state index contributed by atoms with van der Waals surface area (Å²) in [7, 11) is 1.65. The zero-order chi connectivity index (χ0) is 12.3. The monoisotopic (exact) mass is 234 g/mol. The molecule has 92 valence electrons.